The lowest BCUT2D eigenvalue weighted by Crippen LogP contribution is -2.05. The molecule has 0 aliphatic heterocycles. The van der Waals surface area contributed by atoms with E-state index in [0.717, 1.165) is 0 Å². The van der Waals surface area contributed by atoms with Gasteiger partial charge in [-0.05, 0) is 13.8 Å². The van der Waals surface area contributed by atoms with E-state index in [0.29, 0.717) is 17.2 Å². The summed E-state index contributed by atoms with van der Waals surface area (Å²) < 4.78 is 1.38. The number of aromatic nitrogens is 4. The average Bonchev–Trinajstić information content (AvgIpc) is 2.54. The second-order valence-corrected chi connectivity index (χ2v) is 3.46. The lowest BCUT2D eigenvalue weighted by atomic mass is 10.3. The van der Waals surface area contributed by atoms with Crippen molar-refractivity contribution < 1.29 is 4.92 Å². The molecule has 0 bridgehead atoms. The van der Waals surface area contributed by atoms with Crippen LogP contribution in [0.25, 0.3) is 5.82 Å². The Hall–Kier alpha value is -2.51. The minimum atomic E-state index is -0.460. The number of nitro groups is 1. The van der Waals surface area contributed by atoms with Gasteiger partial charge in [0.1, 0.15) is 11.4 Å². The highest BCUT2D eigenvalue weighted by Crippen LogP contribution is 2.23. The molecule has 0 radical (unpaired) electrons. The van der Waals surface area contributed by atoms with Crippen LogP contribution in [0.5, 0.6) is 0 Å². The van der Waals surface area contributed by atoms with Gasteiger partial charge in [0, 0.05) is 12.3 Å². The fourth-order valence-electron chi connectivity index (χ4n) is 1.60. The Labute approximate surface area is 96.3 Å². The van der Waals surface area contributed by atoms with Gasteiger partial charge in [-0.25, -0.2) is 9.67 Å². The van der Waals surface area contributed by atoms with Gasteiger partial charge < -0.3 is 5.73 Å². The maximum atomic E-state index is 10.8. The summed E-state index contributed by atoms with van der Waals surface area (Å²) >= 11 is 0. The quantitative estimate of drug-likeness (QED) is 0.606. The summed E-state index contributed by atoms with van der Waals surface area (Å²) in [6.45, 7) is 3.18. The third-order valence-electron chi connectivity index (χ3n) is 2.31. The largest absolute Gasteiger partial charge is 0.368 e. The molecule has 0 aliphatic carbocycles. The third-order valence-corrected chi connectivity index (χ3v) is 2.31. The van der Waals surface area contributed by atoms with E-state index >= 15 is 0 Å². The number of aryl methyl sites for hydroxylation is 1. The molecule has 0 fully saturated rings. The van der Waals surface area contributed by atoms with Gasteiger partial charge in [-0.1, -0.05) is 0 Å². The molecule has 2 heterocycles. The maximum absolute atomic E-state index is 10.8. The monoisotopic (exact) mass is 234 g/mol. The second kappa shape index (κ2) is 3.81. The first-order chi connectivity index (χ1) is 8.00. The molecule has 88 valence electrons. The molecule has 17 heavy (non-hydrogen) atoms. The van der Waals surface area contributed by atoms with Crippen LogP contribution in [-0.2, 0) is 0 Å². The van der Waals surface area contributed by atoms with E-state index in [9.17, 15) is 10.1 Å². The van der Waals surface area contributed by atoms with Crippen molar-refractivity contribution in [3.63, 3.8) is 0 Å². The van der Waals surface area contributed by atoms with Crippen LogP contribution >= 0.6 is 0 Å². The number of nitrogens with two attached hydrogens (primary N) is 1. The van der Waals surface area contributed by atoms with Gasteiger partial charge >= 0.3 is 5.69 Å². The van der Waals surface area contributed by atoms with Crippen LogP contribution in [0.1, 0.15) is 11.4 Å². The Bertz CT molecular complexity index is 591. The number of anilines is 1. The highest BCUT2D eigenvalue weighted by atomic mass is 16.6. The topological polar surface area (TPSA) is 113 Å². The first-order valence-corrected chi connectivity index (χ1v) is 4.80. The standard InChI is InChI=1S/C9H10N6O2/c1-5-8(15(16)17)6(2)14(13-5)7-3-4-11-9(10)12-7/h3-4H,1-2H3,(H2,10,11,12). The van der Waals surface area contributed by atoms with Crippen molar-refractivity contribution in [2.45, 2.75) is 13.8 Å². The number of rotatable bonds is 2. The van der Waals surface area contributed by atoms with Gasteiger partial charge in [-0.3, -0.25) is 10.1 Å². The highest BCUT2D eigenvalue weighted by Gasteiger charge is 2.22. The van der Waals surface area contributed by atoms with E-state index in [4.69, 9.17) is 5.73 Å². The van der Waals surface area contributed by atoms with Crippen molar-refractivity contribution in [2.75, 3.05) is 5.73 Å². The molecule has 2 rings (SSSR count). The first-order valence-electron chi connectivity index (χ1n) is 4.80. The molecule has 0 unspecified atom stereocenters. The first kappa shape index (κ1) is 11.0. The van der Waals surface area contributed by atoms with Gasteiger partial charge in [0.15, 0.2) is 5.82 Å². The number of nitrogen functional groups attached to an aromatic ring is 1. The molecule has 0 atom stereocenters. The number of hydrogen-bond donors (Lipinski definition) is 1. The van der Waals surface area contributed by atoms with Gasteiger partial charge in [-0.2, -0.15) is 10.1 Å². The van der Waals surface area contributed by atoms with E-state index in [-0.39, 0.29) is 11.6 Å². The van der Waals surface area contributed by atoms with Crippen LogP contribution in [0.15, 0.2) is 12.3 Å². The molecule has 2 aromatic heterocycles. The summed E-state index contributed by atoms with van der Waals surface area (Å²) in [4.78, 5) is 18.1. The Kier molecular flexibility index (Phi) is 2.47. The zero-order valence-corrected chi connectivity index (χ0v) is 9.28. The molecular weight excluding hydrogens is 224 g/mol. The van der Waals surface area contributed by atoms with Crippen LogP contribution in [0.2, 0.25) is 0 Å². The van der Waals surface area contributed by atoms with Crippen molar-refractivity contribution in [2.24, 2.45) is 0 Å². The molecule has 0 saturated carbocycles. The molecule has 8 nitrogen and oxygen atoms in total. The molecular formula is C9H10N6O2. The van der Waals surface area contributed by atoms with Crippen LogP contribution in [-0.4, -0.2) is 24.7 Å². The van der Waals surface area contributed by atoms with Crippen molar-refractivity contribution in [3.8, 4) is 5.82 Å². The molecule has 0 aliphatic rings. The predicted octanol–water partition coefficient (Wildman–Crippen LogP) is 0.770. The van der Waals surface area contributed by atoms with Gasteiger partial charge in [0.2, 0.25) is 5.95 Å². The Morgan fingerprint density at radius 2 is 2.18 bits per heavy atom. The van der Waals surface area contributed by atoms with Gasteiger partial charge in [0.25, 0.3) is 0 Å². The Morgan fingerprint density at radius 1 is 1.47 bits per heavy atom. The minimum Gasteiger partial charge on any atom is -0.368 e. The predicted molar refractivity (Wildman–Crippen MR) is 59.7 cm³/mol. The highest BCUT2D eigenvalue weighted by molar-refractivity contribution is 5.43. The lowest BCUT2D eigenvalue weighted by Gasteiger charge is -2.01. The lowest BCUT2D eigenvalue weighted by molar-refractivity contribution is -0.386. The van der Waals surface area contributed by atoms with Crippen LogP contribution in [0.4, 0.5) is 11.6 Å². The van der Waals surface area contributed by atoms with Crippen LogP contribution < -0.4 is 5.73 Å². The summed E-state index contributed by atoms with van der Waals surface area (Å²) in [6.07, 6.45) is 1.47. The van der Waals surface area contributed by atoms with Crippen molar-refractivity contribution in [1.82, 2.24) is 19.7 Å². The third kappa shape index (κ3) is 1.80. The molecule has 2 aromatic rings. The number of hydrogen-bond acceptors (Lipinski definition) is 6. The van der Waals surface area contributed by atoms with E-state index < -0.39 is 4.92 Å². The number of nitrogens with zero attached hydrogens (tertiary/aromatic N) is 5. The van der Waals surface area contributed by atoms with Crippen molar-refractivity contribution in [1.29, 1.82) is 0 Å². The summed E-state index contributed by atoms with van der Waals surface area (Å²) in [5.41, 5.74) is 6.19. The molecule has 0 spiro atoms. The molecule has 8 heteroatoms. The zero-order chi connectivity index (χ0) is 12.6. The van der Waals surface area contributed by atoms with Crippen LogP contribution in [0, 0.1) is 24.0 Å². The van der Waals surface area contributed by atoms with Crippen LogP contribution in [0.3, 0.4) is 0 Å². The van der Waals surface area contributed by atoms with Gasteiger partial charge in [-0.15, -0.1) is 0 Å². The summed E-state index contributed by atoms with van der Waals surface area (Å²) in [7, 11) is 0. The maximum Gasteiger partial charge on any atom is 0.313 e. The summed E-state index contributed by atoms with van der Waals surface area (Å²) in [5, 5.41) is 14.9. The smallest absolute Gasteiger partial charge is 0.313 e. The fraction of sp³-hybridized carbons (Fsp3) is 0.222. The molecule has 0 saturated heterocycles. The van der Waals surface area contributed by atoms with Crippen molar-refractivity contribution >= 4 is 11.6 Å². The van der Waals surface area contributed by atoms with E-state index in [1.807, 2.05) is 0 Å². The van der Waals surface area contributed by atoms with E-state index in [2.05, 4.69) is 15.1 Å². The van der Waals surface area contributed by atoms with E-state index in [1.54, 1.807) is 19.9 Å². The second-order valence-electron chi connectivity index (χ2n) is 3.46. The summed E-state index contributed by atoms with van der Waals surface area (Å²) in [6, 6.07) is 1.58. The Balaban J connectivity index is 2.62. The molecule has 0 aromatic carbocycles. The minimum absolute atomic E-state index is 0.0119. The SMILES string of the molecule is Cc1nn(-c2ccnc(N)n2)c(C)c1[N+](=O)[O-]. The van der Waals surface area contributed by atoms with Gasteiger partial charge in [0.05, 0.1) is 4.92 Å². The summed E-state index contributed by atoms with van der Waals surface area (Å²) in [5.74, 6) is 0.504. The normalized spacial score (nSPS) is 10.5. The average molecular weight is 234 g/mol. The zero-order valence-electron chi connectivity index (χ0n) is 9.28. The van der Waals surface area contributed by atoms with E-state index in [1.165, 1.54) is 10.9 Å². The van der Waals surface area contributed by atoms with Crippen molar-refractivity contribution in [3.05, 3.63) is 33.8 Å². The molecule has 2 N–H and O–H groups in total. The molecule has 0 amide bonds. The Morgan fingerprint density at radius 3 is 2.71 bits per heavy atom. The fourth-order valence-corrected chi connectivity index (χ4v) is 1.60.